The molecule has 278 valence electrons. The van der Waals surface area contributed by atoms with Gasteiger partial charge in [-0.1, -0.05) is 38.0 Å². The van der Waals surface area contributed by atoms with Crippen molar-refractivity contribution in [3.63, 3.8) is 0 Å². The van der Waals surface area contributed by atoms with Gasteiger partial charge in [0.05, 0.1) is 49.0 Å². The standard InChI is InChI=1S/C40H47F3N4O5/c1-24(2)15-34(47-22-27(12-14-46(5)6)31(18-35(47)48)40(41,42)43)38(50)45-33(19-36(49)51-7)32-17-28(37-25(3)9-8-10-26(37)4)16-29(44-32)11-13-39-20-30(21-39)52-23-39/h8-10,16-18,22,24,30,33-34H,12,14-15,19-21,23H2,1-7H3,(H,45,50)/t30?,33-,34?,39?/m0/s1. The lowest BCUT2D eigenvalue weighted by atomic mass is 9.71. The number of halogens is 3. The summed E-state index contributed by atoms with van der Waals surface area (Å²) >= 11 is 0. The highest BCUT2D eigenvalue weighted by Gasteiger charge is 2.51. The van der Waals surface area contributed by atoms with Crippen LogP contribution in [0.5, 0.6) is 0 Å². The third kappa shape index (κ3) is 8.93. The van der Waals surface area contributed by atoms with Crippen LogP contribution in [-0.4, -0.2) is 66.8 Å². The third-order valence-electron chi connectivity index (χ3n) is 9.80. The SMILES string of the molecule is COC(=O)C[C@H](NC(=O)C(CC(C)C)n1cc(CCN(C)C)c(C(F)(F)F)cc1=O)c1cc(-c2c(C)cccc2C)cc(C#CC23COC(C2)C3)n1. The Kier molecular flexibility index (Phi) is 11.7. The summed E-state index contributed by atoms with van der Waals surface area (Å²) in [6, 6.07) is 8.04. The molecule has 1 aromatic carbocycles. The van der Waals surface area contributed by atoms with Crippen molar-refractivity contribution in [3.05, 3.63) is 86.6 Å². The van der Waals surface area contributed by atoms with Crippen LogP contribution in [0.1, 0.15) is 85.3 Å². The highest BCUT2D eigenvalue weighted by Crippen LogP contribution is 2.49. The third-order valence-corrected chi connectivity index (χ3v) is 9.80. The molecule has 1 aliphatic carbocycles. The van der Waals surface area contributed by atoms with Crippen molar-refractivity contribution in [2.24, 2.45) is 11.3 Å². The van der Waals surface area contributed by atoms with E-state index in [2.05, 4.69) is 17.2 Å². The van der Waals surface area contributed by atoms with E-state index >= 15 is 0 Å². The number of aromatic nitrogens is 2. The minimum atomic E-state index is -4.75. The molecular weight excluding hydrogens is 673 g/mol. The lowest BCUT2D eigenvalue weighted by Crippen LogP contribution is -2.41. The van der Waals surface area contributed by atoms with E-state index in [0.717, 1.165) is 45.9 Å². The number of pyridine rings is 2. The van der Waals surface area contributed by atoms with Gasteiger partial charge in [-0.05, 0) is 105 Å². The Balaban J connectivity index is 1.59. The fourth-order valence-electron chi connectivity index (χ4n) is 7.05. The van der Waals surface area contributed by atoms with Crippen molar-refractivity contribution in [1.82, 2.24) is 19.8 Å². The summed E-state index contributed by atoms with van der Waals surface area (Å²) in [5.41, 5.74) is 2.30. The zero-order valence-corrected chi connectivity index (χ0v) is 30.8. The van der Waals surface area contributed by atoms with Crippen LogP contribution in [-0.2, 0) is 31.7 Å². The number of nitrogens with zero attached hydrogens (tertiary/aromatic N) is 3. The van der Waals surface area contributed by atoms with Gasteiger partial charge in [-0.15, -0.1) is 0 Å². The van der Waals surface area contributed by atoms with Crippen molar-refractivity contribution in [2.75, 3.05) is 34.4 Å². The van der Waals surface area contributed by atoms with Crippen LogP contribution >= 0.6 is 0 Å². The fourth-order valence-corrected chi connectivity index (χ4v) is 7.05. The Morgan fingerprint density at radius 3 is 2.42 bits per heavy atom. The van der Waals surface area contributed by atoms with Gasteiger partial charge in [-0.25, -0.2) is 4.98 Å². The van der Waals surface area contributed by atoms with E-state index in [1.807, 2.05) is 58.0 Å². The average Bonchev–Trinajstić information content (AvgIpc) is 3.66. The molecule has 52 heavy (non-hydrogen) atoms. The number of carbonyl (C=O) groups excluding carboxylic acids is 2. The Bertz CT molecular complexity index is 1910. The van der Waals surface area contributed by atoms with Gasteiger partial charge in [-0.3, -0.25) is 14.4 Å². The molecule has 3 aliphatic rings. The molecular formula is C40H47F3N4O5. The van der Waals surface area contributed by atoms with Crippen molar-refractivity contribution in [3.8, 4) is 23.0 Å². The van der Waals surface area contributed by atoms with Crippen LogP contribution in [0.4, 0.5) is 13.2 Å². The molecule has 4 heterocycles. The highest BCUT2D eigenvalue weighted by atomic mass is 19.4. The topological polar surface area (TPSA) is 103 Å². The van der Waals surface area contributed by atoms with Crippen molar-refractivity contribution < 1.29 is 32.2 Å². The first-order chi connectivity index (χ1) is 24.5. The summed E-state index contributed by atoms with van der Waals surface area (Å²) in [7, 11) is 4.73. The maximum absolute atomic E-state index is 14.3. The maximum atomic E-state index is 14.3. The molecule has 1 unspecified atom stereocenters. The Hall–Kier alpha value is -4.47. The molecule has 3 fully saturated rings. The number of hydrogen-bond donors (Lipinski definition) is 1. The normalized spacial score (nSPS) is 19.1. The number of esters is 1. The Labute approximate surface area is 302 Å². The van der Waals surface area contributed by atoms with Gasteiger partial charge in [0.15, 0.2) is 0 Å². The number of methoxy groups -OCH3 is 1. The van der Waals surface area contributed by atoms with E-state index in [9.17, 15) is 27.6 Å². The minimum Gasteiger partial charge on any atom is -0.469 e. The van der Waals surface area contributed by atoms with E-state index in [0.29, 0.717) is 30.6 Å². The van der Waals surface area contributed by atoms with Gasteiger partial charge in [0.25, 0.3) is 5.56 Å². The first-order valence-electron chi connectivity index (χ1n) is 17.6. The van der Waals surface area contributed by atoms with Crippen LogP contribution in [0, 0.1) is 37.0 Å². The predicted molar refractivity (Wildman–Crippen MR) is 191 cm³/mol. The largest absolute Gasteiger partial charge is 0.469 e. The molecule has 2 aromatic heterocycles. The van der Waals surface area contributed by atoms with Crippen LogP contribution in [0.15, 0.2) is 47.4 Å². The number of hydrogen-bond acceptors (Lipinski definition) is 7. The van der Waals surface area contributed by atoms with Crippen LogP contribution < -0.4 is 10.9 Å². The van der Waals surface area contributed by atoms with Gasteiger partial charge < -0.3 is 24.3 Å². The first kappa shape index (κ1) is 38.8. The Morgan fingerprint density at radius 2 is 1.85 bits per heavy atom. The molecule has 9 nitrogen and oxygen atoms in total. The van der Waals surface area contributed by atoms with Crippen LogP contribution in [0.3, 0.4) is 0 Å². The van der Waals surface area contributed by atoms with E-state index in [1.54, 1.807) is 19.0 Å². The summed E-state index contributed by atoms with van der Waals surface area (Å²) in [6.07, 6.45) is -1.77. The zero-order chi connectivity index (χ0) is 38.0. The van der Waals surface area contributed by atoms with E-state index in [1.165, 1.54) is 7.11 Å². The quantitative estimate of drug-likeness (QED) is 0.176. The summed E-state index contributed by atoms with van der Waals surface area (Å²) in [4.78, 5) is 47.1. The highest BCUT2D eigenvalue weighted by molar-refractivity contribution is 5.82. The average molecular weight is 721 g/mol. The summed E-state index contributed by atoms with van der Waals surface area (Å²) in [6.45, 7) is 8.56. The summed E-state index contributed by atoms with van der Waals surface area (Å²) < 4.78 is 54.0. The number of carbonyl (C=O) groups is 2. The molecule has 12 heteroatoms. The number of rotatable bonds is 12. The molecule has 1 N–H and O–H groups in total. The fraction of sp³-hybridized carbons (Fsp3) is 0.500. The summed E-state index contributed by atoms with van der Waals surface area (Å²) in [5, 5.41) is 2.93. The minimum absolute atomic E-state index is 0.00994. The van der Waals surface area contributed by atoms with E-state index < -0.39 is 41.3 Å². The molecule has 2 saturated heterocycles. The monoisotopic (exact) mass is 720 g/mol. The number of fused-ring (bicyclic) bond motifs is 1. The molecule has 0 radical (unpaired) electrons. The van der Waals surface area contributed by atoms with Crippen molar-refractivity contribution in [1.29, 1.82) is 0 Å². The maximum Gasteiger partial charge on any atom is 0.416 e. The molecule has 2 atom stereocenters. The molecule has 1 saturated carbocycles. The van der Waals surface area contributed by atoms with Gasteiger partial charge in [0.2, 0.25) is 5.91 Å². The number of ether oxygens (including phenoxy) is 2. The number of benzene rings is 1. The molecule has 0 spiro atoms. The van der Waals surface area contributed by atoms with E-state index in [-0.39, 0.29) is 42.3 Å². The molecule has 3 aromatic rings. The van der Waals surface area contributed by atoms with Crippen molar-refractivity contribution in [2.45, 2.75) is 84.2 Å². The Morgan fingerprint density at radius 1 is 1.15 bits per heavy atom. The number of nitrogens with one attached hydrogen (secondary N) is 1. The number of amides is 1. The van der Waals surface area contributed by atoms with Crippen LogP contribution in [0.25, 0.3) is 11.1 Å². The van der Waals surface area contributed by atoms with E-state index in [4.69, 9.17) is 14.5 Å². The second-order valence-electron chi connectivity index (χ2n) is 14.8. The smallest absolute Gasteiger partial charge is 0.416 e. The number of aryl methyl sites for hydroxylation is 2. The number of likely N-dealkylation sites (N-methyl/N-ethyl adjacent to an activating group) is 1. The lowest BCUT2D eigenvalue weighted by Gasteiger charge is -2.29. The van der Waals surface area contributed by atoms with Crippen molar-refractivity contribution >= 4 is 11.9 Å². The second kappa shape index (κ2) is 15.6. The van der Waals surface area contributed by atoms with Gasteiger partial charge in [-0.2, -0.15) is 13.2 Å². The summed E-state index contributed by atoms with van der Waals surface area (Å²) in [5.74, 6) is 5.25. The molecule has 1 amide bonds. The van der Waals surface area contributed by atoms with Gasteiger partial charge >= 0.3 is 12.1 Å². The number of alkyl halides is 3. The van der Waals surface area contributed by atoms with Gasteiger partial charge in [0, 0.05) is 18.8 Å². The second-order valence-corrected chi connectivity index (χ2v) is 14.8. The molecule has 6 rings (SSSR count). The lowest BCUT2D eigenvalue weighted by molar-refractivity contribution is -0.141. The predicted octanol–water partition coefficient (Wildman–Crippen LogP) is 6.19. The van der Waals surface area contributed by atoms with Gasteiger partial charge in [0.1, 0.15) is 11.7 Å². The first-order valence-corrected chi connectivity index (χ1v) is 17.6. The zero-order valence-electron chi connectivity index (χ0n) is 30.8. The molecule has 2 bridgehead atoms. The van der Waals surface area contributed by atoms with Crippen LogP contribution in [0.2, 0.25) is 0 Å². The molecule has 2 aliphatic heterocycles.